The van der Waals surface area contributed by atoms with Gasteiger partial charge >= 0.3 is 0 Å². The second kappa shape index (κ2) is 8.96. The Labute approximate surface area is 150 Å². The van der Waals surface area contributed by atoms with Gasteiger partial charge in [-0.1, -0.05) is 48.5 Å². The van der Waals surface area contributed by atoms with Crippen molar-refractivity contribution in [3.8, 4) is 17.0 Å². The third-order valence-electron chi connectivity index (χ3n) is 3.29. The Morgan fingerprint density at radius 3 is 2.48 bits per heavy atom. The van der Waals surface area contributed by atoms with Gasteiger partial charge in [-0.25, -0.2) is 4.98 Å². The number of ether oxygens (including phenoxy) is 2. The van der Waals surface area contributed by atoms with E-state index >= 15 is 0 Å². The normalized spacial score (nSPS) is 10.4. The molecule has 3 rings (SSSR count). The van der Waals surface area contributed by atoms with E-state index in [0.29, 0.717) is 18.3 Å². The highest BCUT2D eigenvalue weighted by Crippen LogP contribution is 2.24. The van der Waals surface area contributed by atoms with Crippen LogP contribution in [-0.4, -0.2) is 30.7 Å². The van der Waals surface area contributed by atoms with E-state index < -0.39 is 0 Å². The number of hydrogen-bond donors (Lipinski definition) is 1. The fourth-order valence-corrected chi connectivity index (χ4v) is 2.86. The van der Waals surface area contributed by atoms with E-state index in [1.807, 2.05) is 66.0 Å². The minimum Gasteiger partial charge on any atom is -0.491 e. The second-order valence-electron chi connectivity index (χ2n) is 5.17. The molecule has 2 aromatic carbocycles. The van der Waals surface area contributed by atoms with E-state index in [1.54, 1.807) is 0 Å². The van der Waals surface area contributed by atoms with Crippen molar-refractivity contribution in [3.05, 3.63) is 66.0 Å². The first-order valence-electron chi connectivity index (χ1n) is 7.87. The van der Waals surface area contributed by atoms with Crippen molar-refractivity contribution in [1.29, 1.82) is 0 Å². The van der Waals surface area contributed by atoms with Crippen LogP contribution in [0.15, 0.2) is 66.0 Å². The number of nitrogens with one attached hydrogen (secondary N) is 1. The molecule has 0 spiro atoms. The van der Waals surface area contributed by atoms with Crippen molar-refractivity contribution in [3.63, 3.8) is 0 Å². The maximum Gasteiger partial charge on any atom is 0.252 e. The SMILES string of the molecule is O=C(COCCOc1ccccc1)Nc1nc(-c2ccccc2)cs1. The third kappa shape index (κ3) is 5.41. The molecule has 6 heteroatoms. The van der Waals surface area contributed by atoms with E-state index in [4.69, 9.17) is 9.47 Å². The minimum absolute atomic E-state index is 0.0294. The van der Waals surface area contributed by atoms with Gasteiger partial charge in [0, 0.05) is 10.9 Å². The molecule has 0 saturated carbocycles. The molecule has 0 fully saturated rings. The predicted molar refractivity (Wildman–Crippen MR) is 98.9 cm³/mol. The fraction of sp³-hybridized carbons (Fsp3) is 0.158. The Morgan fingerprint density at radius 2 is 1.72 bits per heavy atom. The number of carbonyl (C=O) groups excluding carboxylic acids is 1. The van der Waals surface area contributed by atoms with Crippen molar-refractivity contribution in [2.75, 3.05) is 25.1 Å². The van der Waals surface area contributed by atoms with Crippen LogP contribution in [0.2, 0.25) is 0 Å². The summed E-state index contributed by atoms with van der Waals surface area (Å²) in [5.74, 6) is 0.556. The highest BCUT2D eigenvalue weighted by Gasteiger charge is 2.08. The Kier molecular flexibility index (Phi) is 6.14. The van der Waals surface area contributed by atoms with E-state index in [9.17, 15) is 4.79 Å². The molecule has 0 unspecified atom stereocenters. The number of amides is 1. The van der Waals surface area contributed by atoms with Crippen molar-refractivity contribution in [2.45, 2.75) is 0 Å². The molecule has 1 N–H and O–H groups in total. The number of benzene rings is 2. The molecule has 0 aliphatic heterocycles. The first-order chi connectivity index (χ1) is 12.3. The lowest BCUT2D eigenvalue weighted by atomic mass is 10.2. The summed E-state index contributed by atoms with van der Waals surface area (Å²) in [6.07, 6.45) is 0. The summed E-state index contributed by atoms with van der Waals surface area (Å²) in [4.78, 5) is 16.3. The average Bonchev–Trinajstić information content (AvgIpc) is 3.11. The van der Waals surface area contributed by atoms with Crippen LogP contribution in [0, 0.1) is 0 Å². The Bertz CT molecular complexity index is 791. The summed E-state index contributed by atoms with van der Waals surface area (Å²) in [6.45, 7) is 0.709. The van der Waals surface area contributed by atoms with Crippen LogP contribution in [0.3, 0.4) is 0 Å². The quantitative estimate of drug-likeness (QED) is 0.624. The Hall–Kier alpha value is -2.70. The van der Waals surface area contributed by atoms with Crippen LogP contribution in [-0.2, 0) is 9.53 Å². The second-order valence-corrected chi connectivity index (χ2v) is 6.02. The van der Waals surface area contributed by atoms with Crippen molar-refractivity contribution < 1.29 is 14.3 Å². The molecule has 128 valence electrons. The Morgan fingerprint density at radius 1 is 1.00 bits per heavy atom. The smallest absolute Gasteiger partial charge is 0.252 e. The Balaban J connectivity index is 1.37. The van der Waals surface area contributed by atoms with Gasteiger partial charge in [-0.3, -0.25) is 10.1 Å². The third-order valence-corrected chi connectivity index (χ3v) is 4.05. The van der Waals surface area contributed by atoms with Gasteiger partial charge in [-0.2, -0.15) is 0 Å². The number of anilines is 1. The van der Waals surface area contributed by atoms with Crippen molar-refractivity contribution >= 4 is 22.4 Å². The summed E-state index contributed by atoms with van der Waals surface area (Å²) in [5.41, 5.74) is 1.87. The van der Waals surface area contributed by atoms with Gasteiger partial charge in [0.1, 0.15) is 19.0 Å². The molecule has 1 aromatic heterocycles. The summed E-state index contributed by atoms with van der Waals surface area (Å²) < 4.78 is 10.8. The van der Waals surface area contributed by atoms with Crippen LogP contribution in [0.25, 0.3) is 11.3 Å². The maximum atomic E-state index is 11.9. The lowest BCUT2D eigenvalue weighted by molar-refractivity contribution is -0.120. The largest absolute Gasteiger partial charge is 0.491 e. The number of hydrogen-bond acceptors (Lipinski definition) is 5. The first-order valence-corrected chi connectivity index (χ1v) is 8.75. The van der Waals surface area contributed by atoms with Crippen LogP contribution < -0.4 is 10.1 Å². The molecular weight excluding hydrogens is 336 g/mol. The highest BCUT2D eigenvalue weighted by atomic mass is 32.1. The highest BCUT2D eigenvalue weighted by molar-refractivity contribution is 7.14. The monoisotopic (exact) mass is 354 g/mol. The number of thiazole rings is 1. The first kappa shape index (κ1) is 17.1. The van der Waals surface area contributed by atoms with Gasteiger partial charge in [0.2, 0.25) is 0 Å². The van der Waals surface area contributed by atoms with Gasteiger partial charge in [-0.15, -0.1) is 11.3 Å². The average molecular weight is 354 g/mol. The number of para-hydroxylation sites is 1. The zero-order valence-electron chi connectivity index (χ0n) is 13.6. The van der Waals surface area contributed by atoms with Crippen LogP contribution in [0.1, 0.15) is 0 Å². The van der Waals surface area contributed by atoms with Gasteiger partial charge in [0.05, 0.1) is 12.3 Å². The molecule has 3 aromatic rings. The van der Waals surface area contributed by atoms with E-state index in [1.165, 1.54) is 11.3 Å². The van der Waals surface area contributed by atoms with Gasteiger partial charge in [-0.05, 0) is 12.1 Å². The molecule has 1 heterocycles. The molecule has 0 aliphatic rings. The lowest BCUT2D eigenvalue weighted by Gasteiger charge is -2.06. The van der Waals surface area contributed by atoms with Gasteiger partial charge < -0.3 is 9.47 Å². The van der Waals surface area contributed by atoms with Crippen LogP contribution in [0.4, 0.5) is 5.13 Å². The summed E-state index contributed by atoms with van der Waals surface area (Å²) in [5, 5.41) is 5.22. The van der Waals surface area contributed by atoms with Crippen molar-refractivity contribution in [2.24, 2.45) is 0 Å². The predicted octanol–water partition coefficient (Wildman–Crippen LogP) is 3.84. The van der Waals surface area contributed by atoms with Crippen LogP contribution >= 0.6 is 11.3 Å². The number of carbonyl (C=O) groups is 1. The summed E-state index contributed by atoms with van der Waals surface area (Å²) >= 11 is 1.39. The topological polar surface area (TPSA) is 60.5 Å². The molecular formula is C19H18N2O3S. The molecule has 0 saturated heterocycles. The number of aromatic nitrogens is 1. The molecule has 0 bridgehead atoms. The summed E-state index contributed by atoms with van der Waals surface area (Å²) in [7, 11) is 0. The molecule has 5 nitrogen and oxygen atoms in total. The summed E-state index contributed by atoms with van der Waals surface area (Å²) in [6, 6.07) is 19.3. The fourth-order valence-electron chi connectivity index (χ4n) is 2.13. The van der Waals surface area contributed by atoms with Gasteiger partial charge in [0.15, 0.2) is 5.13 Å². The zero-order chi connectivity index (χ0) is 17.3. The van der Waals surface area contributed by atoms with E-state index in [2.05, 4.69) is 10.3 Å². The number of nitrogens with zero attached hydrogens (tertiary/aromatic N) is 1. The molecule has 25 heavy (non-hydrogen) atoms. The number of rotatable bonds is 8. The molecule has 1 amide bonds. The van der Waals surface area contributed by atoms with Crippen molar-refractivity contribution in [1.82, 2.24) is 4.98 Å². The van der Waals surface area contributed by atoms with E-state index in [0.717, 1.165) is 17.0 Å². The standard InChI is InChI=1S/C19H18N2O3S/c22-18(13-23-11-12-24-16-9-5-2-6-10-16)21-19-20-17(14-25-19)15-7-3-1-4-8-15/h1-10,14H,11-13H2,(H,20,21,22). The van der Waals surface area contributed by atoms with Gasteiger partial charge in [0.25, 0.3) is 5.91 Å². The maximum absolute atomic E-state index is 11.9. The zero-order valence-corrected chi connectivity index (χ0v) is 14.4. The van der Waals surface area contributed by atoms with E-state index in [-0.39, 0.29) is 12.5 Å². The molecule has 0 atom stereocenters. The lowest BCUT2D eigenvalue weighted by Crippen LogP contribution is -2.20. The molecule has 0 radical (unpaired) electrons. The van der Waals surface area contributed by atoms with Crippen LogP contribution in [0.5, 0.6) is 5.75 Å². The molecule has 0 aliphatic carbocycles. The minimum atomic E-state index is -0.228.